The number of carbonyl (C=O) groups excluding carboxylic acids is 2. The first-order valence-corrected chi connectivity index (χ1v) is 9.74. The number of rotatable bonds is 8. The standard InChI is InChI=1S/C21H24BrN3O4/c1-13-5-6-14(2)17(9-13)24-19(26)7-8-20(27)25-23-12-15-10-16(22)21(29-4)18(11-15)28-3/h5-6,9-12H,7-8H2,1-4H3,(H,24,26)(H,25,27). The molecule has 2 N–H and O–H groups in total. The summed E-state index contributed by atoms with van der Waals surface area (Å²) in [7, 11) is 3.09. The van der Waals surface area contributed by atoms with Crippen LogP contribution in [0.5, 0.6) is 11.5 Å². The Morgan fingerprint density at radius 3 is 2.48 bits per heavy atom. The fourth-order valence-corrected chi connectivity index (χ4v) is 3.18. The number of carbonyl (C=O) groups is 2. The lowest BCUT2D eigenvalue weighted by molar-refractivity contribution is -0.124. The molecule has 29 heavy (non-hydrogen) atoms. The third-order valence-electron chi connectivity index (χ3n) is 4.11. The predicted molar refractivity (Wildman–Crippen MR) is 117 cm³/mol. The molecule has 0 bridgehead atoms. The van der Waals surface area contributed by atoms with Gasteiger partial charge in [0.2, 0.25) is 11.8 Å². The molecule has 0 atom stereocenters. The molecule has 0 aromatic heterocycles. The third-order valence-corrected chi connectivity index (χ3v) is 4.69. The van der Waals surface area contributed by atoms with Crippen LogP contribution in [0, 0.1) is 13.8 Å². The van der Waals surface area contributed by atoms with Crippen molar-refractivity contribution in [3.63, 3.8) is 0 Å². The van der Waals surface area contributed by atoms with E-state index in [1.807, 2.05) is 32.0 Å². The monoisotopic (exact) mass is 461 g/mol. The van der Waals surface area contributed by atoms with Crippen LogP contribution in [0.25, 0.3) is 0 Å². The van der Waals surface area contributed by atoms with Crippen molar-refractivity contribution in [3.05, 3.63) is 51.5 Å². The summed E-state index contributed by atoms with van der Waals surface area (Å²) in [5.74, 6) is 0.542. The number of aryl methyl sites for hydroxylation is 2. The van der Waals surface area contributed by atoms with Gasteiger partial charge in [-0.2, -0.15) is 5.10 Å². The van der Waals surface area contributed by atoms with E-state index >= 15 is 0 Å². The zero-order valence-corrected chi connectivity index (χ0v) is 18.4. The van der Waals surface area contributed by atoms with Crippen molar-refractivity contribution >= 4 is 39.6 Å². The maximum Gasteiger partial charge on any atom is 0.240 e. The van der Waals surface area contributed by atoms with Gasteiger partial charge in [-0.05, 0) is 64.7 Å². The highest BCUT2D eigenvalue weighted by molar-refractivity contribution is 9.10. The third kappa shape index (κ3) is 6.60. The van der Waals surface area contributed by atoms with E-state index in [0.29, 0.717) is 21.5 Å². The van der Waals surface area contributed by atoms with Gasteiger partial charge < -0.3 is 14.8 Å². The second-order valence-electron chi connectivity index (χ2n) is 6.40. The molecule has 0 fully saturated rings. The molecule has 2 amide bonds. The highest BCUT2D eigenvalue weighted by Gasteiger charge is 2.10. The minimum Gasteiger partial charge on any atom is -0.493 e. The van der Waals surface area contributed by atoms with Gasteiger partial charge in [0.15, 0.2) is 11.5 Å². The van der Waals surface area contributed by atoms with Gasteiger partial charge in [0.05, 0.1) is 24.9 Å². The fraction of sp³-hybridized carbons (Fsp3) is 0.286. The van der Waals surface area contributed by atoms with Crippen LogP contribution in [-0.4, -0.2) is 32.2 Å². The van der Waals surface area contributed by atoms with Crippen molar-refractivity contribution < 1.29 is 19.1 Å². The number of nitrogens with one attached hydrogen (secondary N) is 2. The molecule has 8 heteroatoms. The van der Waals surface area contributed by atoms with Gasteiger partial charge in [-0.3, -0.25) is 9.59 Å². The van der Waals surface area contributed by atoms with Gasteiger partial charge in [0.25, 0.3) is 0 Å². The van der Waals surface area contributed by atoms with E-state index in [4.69, 9.17) is 9.47 Å². The first-order valence-electron chi connectivity index (χ1n) is 8.94. The van der Waals surface area contributed by atoms with E-state index in [-0.39, 0.29) is 24.7 Å². The first-order chi connectivity index (χ1) is 13.8. The van der Waals surface area contributed by atoms with Crippen LogP contribution in [0.4, 0.5) is 5.69 Å². The normalized spacial score (nSPS) is 10.7. The number of benzene rings is 2. The summed E-state index contributed by atoms with van der Waals surface area (Å²) >= 11 is 3.40. The van der Waals surface area contributed by atoms with E-state index in [2.05, 4.69) is 31.8 Å². The summed E-state index contributed by atoms with van der Waals surface area (Å²) in [6.45, 7) is 3.88. The molecule has 0 heterocycles. The van der Waals surface area contributed by atoms with Gasteiger partial charge in [-0.25, -0.2) is 5.43 Å². The van der Waals surface area contributed by atoms with E-state index in [1.54, 1.807) is 19.2 Å². The van der Waals surface area contributed by atoms with E-state index in [0.717, 1.165) is 16.8 Å². The molecule has 0 saturated carbocycles. The largest absolute Gasteiger partial charge is 0.493 e. The number of halogens is 1. The van der Waals surface area contributed by atoms with Crippen LogP contribution in [-0.2, 0) is 9.59 Å². The van der Waals surface area contributed by atoms with E-state index < -0.39 is 0 Å². The molecule has 0 aliphatic rings. The Morgan fingerprint density at radius 1 is 1.07 bits per heavy atom. The Bertz CT molecular complexity index is 928. The average Bonchev–Trinajstić information content (AvgIpc) is 2.68. The second kappa shape index (κ2) is 10.6. The zero-order valence-electron chi connectivity index (χ0n) is 16.8. The lowest BCUT2D eigenvalue weighted by atomic mass is 10.1. The Hall–Kier alpha value is -2.87. The second-order valence-corrected chi connectivity index (χ2v) is 7.25. The highest BCUT2D eigenvalue weighted by atomic mass is 79.9. The first kappa shape index (κ1) is 22.4. The lowest BCUT2D eigenvalue weighted by Crippen LogP contribution is -2.21. The molecule has 0 spiro atoms. The van der Waals surface area contributed by atoms with Crippen LogP contribution in [0.15, 0.2) is 39.9 Å². The number of amides is 2. The minimum absolute atomic E-state index is 0.0314. The quantitative estimate of drug-likeness (QED) is 0.459. The maximum absolute atomic E-state index is 12.1. The van der Waals surface area contributed by atoms with Crippen LogP contribution < -0.4 is 20.2 Å². The Labute approximate surface area is 178 Å². The number of ether oxygens (including phenoxy) is 2. The minimum atomic E-state index is -0.350. The smallest absolute Gasteiger partial charge is 0.240 e. The molecular weight excluding hydrogens is 438 g/mol. The summed E-state index contributed by atoms with van der Waals surface area (Å²) in [5.41, 5.74) is 5.91. The molecule has 7 nitrogen and oxygen atoms in total. The number of methoxy groups -OCH3 is 2. The van der Waals surface area contributed by atoms with Gasteiger partial charge in [0, 0.05) is 18.5 Å². The van der Waals surface area contributed by atoms with Gasteiger partial charge >= 0.3 is 0 Å². The van der Waals surface area contributed by atoms with E-state index in [9.17, 15) is 9.59 Å². The highest BCUT2D eigenvalue weighted by Crippen LogP contribution is 2.35. The van der Waals surface area contributed by atoms with Crippen LogP contribution >= 0.6 is 15.9 Å². The number of hydrogen-bond acceptors (Lipinski definition) is 5. The number of hydrogen-bond donors (Lipinski definition) is 2. The Balaban J connectivity index is 1.86. The Morgan fingerprint density at radius 2 is 1.79 bits per heavy atom. The molecule has 2 rings (SSSR count). The van der Waals surface area contributed by atoms with Crippen molar-refractivity contribution in [2.24, 2.45) is 5.10 Å². The van der Waals surface area contributed by atoms with Crippen molar-refractivity contribution in [3.8, 4) is 11.5 Å². The molecular formula is C21H24BrN3O4. The fourth-order valence-electron chi connectivity index (χ4n) is 2.56. The molecule has 0 aliphatic carbocycles. The van der Waals surface area contributed by atoms with Crippen LogP contribution in [0.1, 0.15) is 29.5 Å². The predicted octanol–water partition coefficient (Wildman–Crippen LogP) is 3.95. The summed E-state index contributed by atoms with van der Waals surface area (Å²) in [6, 6.07) is 9.34. The van der Waals surface area contributed by atoms with Gasteiger partial charge in [-0.15, -0.1) is 0 Å². The van der Waals surface area contributed by atoms with Crippen LogP contribution in [0.3, 0.4) is 0 Å². The topological polar surface area (TPSA) is 89.0 Å². The molecule has 0 saturated heterocycles. The summed E-state index contributed by atoms with van der Waals surface area (Å²) in [5, 5.41) is 6.76. The Kier molecular flexibility index (Phi) is 8.21. The molecule has 0 aliphatic heterocycles. The molecule has 2 aromatic rings. The number of hydrazone groups is 1. The molecule has 154 valence electrons. The SMILES string of the molecule is COc1cc(C=NNC(=O)CCC(=O)Nc2cc(C)ccc2C)cc(Br)c1OC. The van der Waals surface area contributed by atoms with Crippen LogP contribution in [0.2, 0.25) is 0 Å². The van der Waals surface area contributed by atoms with Crippen molar-refractivity contribution in [2.75, 3.05) is 19.5 Å². The maximum atomic E-state index is 12.1. The van der Waals surface area contributed by atoms with Gasteiger partial charge in [-0.1, -0.05) is 12.1 Å². The molecule has 0 unspecified atom stereocenters. The van der Waals surface area contributed by atoms with Crippen molar-refractivity contribution in [1.29, 1.82) is 0 Å². The summed E-state index contributed by atoms with van der Waals surface area (Å²) < 4.78 is 11.2. The van der Waals surface area contributed by atoms with Gasteiger partial charge in [0.1, 0.15) is 0 Å². The number of nitrogens with zero attached hydrogens (tertiary/aromatic N) is 1. The van der Waals surface area contributed by atoms with Crippen molar-refractivity contribution in [1.82, 2.24) is 5.43 Å². The van der Waals surface area contributed by atoms with Crippen molar-refractivity contribution in [2.45, 2.75) is 26.7 Å². The lowest BCUT2D eigenvalue weighted by Gasteiger charge is -2.10. The number of anilines is 1. The zero-order chi connectivity index (χ0) is 21.4. The molecule has 0 radical (unpaired) electrons. The molecule has 2 aromatic carbocycles. The van der Waals surface area contributed by atoms with E-state index in [1.165, 1.54) is 13.3 Å². The summed E-state index contributed by atoms with van der Waals surface area (Å²) in [4.78, 5) is 24.0. The average molecular weight is 462 g/mol. The summed E-state index contributed by atoms with van der Waals surface area (Å²) in [6.07, 6.45) is 1.58.